The molecule has 2 aromatic rings. The van der Waals surface area contributed by atoms with Crippen molar-refractivity contribution in [2.24, 2.45) is 0 Å². The number of fused-ring (bicyclic) bond motifs is 1. The van der Waals surface area contributed by atoms with E-state index in [0.29, 0.717) is 28.9 Å². The zero-order chi connectivity index (χ0) is 14.7. The maximum atomic E-state index is 11.1. The minimum atomic E-state index is 0.383. The van der Waals surface area contributed by atoms with Crippen LogP contribution in [0.5, 0.6) is 5.75 Å². The molecule has 3 heteroatoms. The van der Waals surface area contributed by atoms with E-state index in [0.717, 1.165) is 19.1 Å². The molecule has 0 saturated carbocycles. The minimum absolute atomic E-state index is 0.383. The number of carbonyl (C=O) groups is 1. The summed E-state index contributed by atoms with van der Waals surface area (Å²) in [5, 5.41) is 0.437. The second-order valence-electron chi connectivity index (χ2n) is 5.37. The van der Waals surface area contributed by atoms with Crippen LogP contribution in [0.3, 0.4) is 0 Å². The number of ether oxygens (including phenoxy) is 1. The molecule has 1 unspecified atom stereocenters. The standard InChI is InChI=1S/C18H17ClO2/c19-17-9-4-10-18(16(17)11-20)21-12-14-7-3-6-13-5-1-2-8-15(13)14/h1-2,4-5,8-11,14H,3,6-7,12H2. The number of carbonyl (C=O) groups excluding carboxylic acids is 1. The molecule has 0 fully saturated rings. The van der Waals surface area contributed by atoms with E-state index in [2.05, 4.69) is 24.3 Å². The van der Waals surface area contributed by atoms with E-state index in [1.807, 2.05) is 0 Å². The van der Waals surface area contributed by atoms with Crippen molar-refractivity contribution < 1.29 is 9.53 Å². The Hall–Kier alpha value is -1.80. The quantitative estimate of drug-likeness (QED) is 0.768. The molecule has 108 valence electrons. The Labute approximate surface area is 129 Å². The first-order valence-corrected chi connectivity index (χ1v) is 7.61. The Bertz CT molecular complexity index is 651. The number of hydrogen-bond donors (Lipinski definition) is 0. The second-order valence-corrected chi connectivity index (χ2v) is 5.78. The number of rotatable bonds is 4. The first kappa shape index (κ1) is 14.2. The predicted octanol–water partition coefficient (Wildman–Crippen LogP) is 4.65. The topological polar surface area (TPSA) is 26.3 Å². The van der Waals surface area contributed by atoms with Gasteiger partial charge in [-0.05, 0) is 42.5 Å². The van der Waals surface area contributed by atoms with Crippen molar-refractivity contribution in [2.45, 2.75) is 25.2 Å². The van der Waals surface area contributed by atoms with E-state index in [-0.39, 0.29) is 0 Å². The lowest BCUT2D eigenvalue weighted by Gasteiger charge is -2.25. The second kappa shape index (κ2) is 6.31. The van der Waals surface area contributed by atoms with Crippen molar-refractivity contribution in [1.29, 1.82) is 0 Å². The van der Waals surface area contributed by atoms with Crippen molar-refractivity contribution in [3.63, 3.8) is 0 Å². The summed E-state index contributed by atoms with van der Waals surface area (Å²) in [6.07, 6.45) is 4.20. The largest absolute Gasteiger partial charge is 0.492 e. The summed E-state index contributed by atoms with van der Waals surface area (Å²) in [5.74, 6) is 0.953. The van der Waals surface area contributed by atoms with Crippen molar-refractivity contribution >= 4 is 17.9 Å². The van der Waals surface area contributed by atoms with Crippen LogP contribution in [0.1, 0.15) is 40.2 Å². The number of hydrogen-bond acceptors (Lipinski definition) is 2. The molecule has 3 rings (SSSR count). The maximum absolute atomic E-state index is 11.1. The molecule has 0 spiro atoms. The van der Waals surface area contributed by atoms with E-state index < -0.39 is 0 Å². The zero-order valence-electron chi connectivity index (χ0n) is 11.7. The van der Waals surface area contributed by atoms with Crippen molar-refractivity contribution in [3.05, 3.63) is 64.2 Å². The van der Waals surface area contributed by atoms with Crippen LogP contribution >= 0.6 is 11.6 Å². The molecule has 21 heavy (non-hydrogen) atoms. The van der Waals surface area contributed by atoms with Gasteiger partial charge in [0.25, 0.3) is 0 Å². The predicted molar refractivity (Wildman–Crippen MR) is 84.5 cm³/mol. The number of aryl methyl sites for hydroxylation is 1. The molecular formula is C18H17ClO2. The van der Waals surface area contributed by atoms with Crippen molar-refractivity contribution in [2.75, 3.05) is 6.61 Å². The fraction of sp³-hybridized carbons (Fsp3) is 0.278. The van der Waals surface area contributed by atoms with Crippen molar-refractivity contribution in [3.8, 4) is 5.75 Å². The van der Waals surface area contributed by atoms with Crippen LogP contribution in [-0.2, 0) is 6.42 Å². The molecule has 0 bridgehead atoms. The van der Waals surface area contributed by atoms with Crippen molar-refractivity contribution in [1.82, 2.24) is 0 Å². The molecule has 0 aliphatic heterocycles. The summed E-state index contributed by atoms with van der Waals surface area (Å²) in [6, 6.07) is 13.8. The number of halogens is 1. The van der Waals surface area contributed by atoms with Gasteiger partial charge in [0.05, 0.1) is 17.2 Å². The molecule has 1 aliphatic rings. The molecule has 0 saturated heterocycles. The van der Waals surface area contributed by atoms with Gasteiger partial charge in [-0.15, -0.1) is 0 Å². The average Bonchev–Trinajstić information content (AvgIpc) is 2.53. The highest BCUT2D eigenvalue weighted by molar-refractivity contribution is 6.33. The van der Waals surface area contributed by atoms with E-state index in [1.54, 1.807) is 18.2 Å². The molecule has 0 heterocycles. The summed E-state index contributed by atoms with van der Waals surface area (Å²) in [7, 11) is 0. The molecule has 0 amide bonds. The van der Waals surface area contributed by atoms with E-state index in [4.69, 9.17) is 16.3 Å². The van der Waals surface area contributed by atoms with Crippen LogP contribution in [0.4, 0.5) is 0 Å². The van der Waals surface area contributed by atoms with Crippen LogP contribution in [-0.4, -0.2) is 12.9 Å². The van der Waals surface area contributed by atoms with E-state index in [1.165, 1.54) is 17.5 Å². The molecule has 0 aromatic heterocycles. The van der Waals surface area contributed by atoms with Crippen LogP contribution < -0.4 is 4.74 Å². The fourth-order valence-electron chi connectivity index (χ4n) is 2.98. The molecule has 2 nitrogen and oxygen atoms in total. The molecular weight excluding hydrogens is 284 g/mol. The lowest BCUT2D eigenvalue weighted by atomic mass is 9.83. The molecule has 0 radical (unpaired) electrons. The van der Waals surface area contributed by atoms with Crippen LogP contribution in [0.15, 0.2) is 42.5 Å². The van der Waals surface area contributed by atoms with Gasteiger partial charge in [0, 0.05) is 5.92 Å². The summed E-state index contributed by atoms with van der Waals surface area (Å²) in [4.78, 5) is 11.1. The van der Waals surface area contributed by atoms with Gasteiger partial charge in [0.2, 0.25) is 0 Å². The van der Waals surface area contributed by atoms with Crippen LogP contribution in [0.2, 0.25) is 5.02 Å². The lowest BCUT2D eigenvalue weighted by molar-refractivity contribution is 0.111. The van der Waals surface area contributed by atoms with E-state index in [9.17, 15) is 4.79 Å². The summed E-state index contributed by atoms with van der Waals surface area (Å²) < 4.78 is 5.89. The summed E-state index contributed by atoms with van der Waals surface area (Å²) in [5.41, 5.74) is 3.22. The van der Waals surface area contributed by atoms with Crippen LogP contribution in [0.25, 0.3) is 0 Å². The van der Waals surface area contributed by atoms with Gasteiger partial charge < -0.3 is 4.74 Å². The molecule has 1 atom stereocenters. The lowest BCUT2D eigenvalue weighted by Crippen LogP contribution is -2.17. The first-order valence-electron chi connectivity index (χ1n) is 7.24. The van der Waals surface area contributed by atoms with Gasteiger partial charge >= 0.3 is 0 Å². The average molecular weight is 301 g/mol. The number of aldehydes is 1. The SMILES string of the molecule is O=Cc1c(Cl)cccc1OCC1CCCc2ccccc21. The van der Waals surface area contributed by atoms with Crippen LogP contribution in [0, 0.1) is 0 Å². The van der Waals surface area contributed by atoms with E-state index >= 15 is 0 Å². The van der Waals surface area contributed by atoms with Gasteiger partial charge in [-0.1, -0.05) is 41.9 Å². The summed E-state index contributed by atoms with van der Waals surface area (Å²) >= 11 is 6.02. The maximum Gasteiger partial charge on any atom is 0.155 e. The third-order valence-corrected chi connectivity index (χ3v) is 4.39. The number of benzene rings is 2. The monoisotopic (exact) mass is 300 g/mol. The highest BCUT2D eigenvalue weighted by Crippen LogP contribution is 2.33. The Kier molecular flexibility index (Phi) is 4.26. The Morgan fingerprint density at radius 1 is 1.19 bits per heavy atom. The fourth-order valence-corrected chi connectivity index (χ4v) is 3.19. The molecule has 2 aromatic carbocycles. The smallest absolute Gasteiger partial charge is 0.155 e. The zero-order valence-corrected chi connectivity index (χ0v) is 12.5. The summed E-state index contributed by atoms with van der Waals surface area (Å²) in [6.45, 7) is 0.582. The minimum Gasteiger partial charge on any atom is -0.492 e. The Morgan fingerprint density at radius 2 is 2.05 bits per heavy atom. The third kappa shape index (κ3) is 2.96. The Balaban J connectivity index is 1.78. The van der Waals surface area contributed by atoms with Gasteiger partial charge in [-0.3, -0.25) is 4.79 Å². The normalized spacial score (nSPS) is 17.1. The van der Waals surface area contributed by atoms with Gasteiger partial charge in [-0.25, -0.2) is 0 Å². The highest BCUT2D eigenvalue weighted by Gasteiger charge is 2.20. The first-order chi connectivity index (χ1) is 10.3. The Morgan fingerprint density at radius 3 is 2.90 bits per heavy atom. The van der Waals surface area contributed by atoms with Gasteiger partial charge in [-0.2, -0.15) is 0 Å². The van der Waals surface area contributed by atoms with Gasteiger partial charge in [0.15, 0.2) is 6.29 Å². The third-order valence-electron chi connectivity index (χ3n) is 4.06. The molecule has 0 N–H and O–H groups in total. The van der Waals surface area contributed by atoms with Gasteiger partial charge in [0.1, 0.15) is 5.75 Å². The highest BCUT2D eigenvalue weighted by atomic mass is 35.5. The molecule has 1 aliphatic carbocycles.